The largest absolute Gasteiger partial charge is 0.493 e. The van der Waals surface area contributed by atoms with Crippen LogP contribution in [0.2, 0.25) is 5.02 Å². The molecular weight excluding hydrogens is 552 g/mol. The van der Waals surface area contributed by atoms with Crippen molar-refractivity contribution >= 4 is 33.3 Å². The van der Waals surface area contributed by atoms with Crippen molar-refractivity contribution in [3.8, 4) is 5.75 Å². The van der Waals surface area contributed by atoms with Crippen LogP contribution in [0.15, 0.2) is 24.5 Å². The summed E-state index contributed by atoms with van der Waals surface area (Å²) in [5.74, 6) is 1.77. The van der Waals surface area contributed by atoms with Crippen LogP contribution in [0.4, 0.5) is 5.82 Å². The lowest BCUT2D eigenvalue weighted by molar-refractivity contribution is 0.0542. The molecule has 40 heavy (non-hydrogen) atoms. The van der Waals surface area contributed by atoms with Gasteiger partial charge in [-0.15, -0.1) is 0 Å². The molecule has 1 atom stereocenters. The zero-order chi connectivity index (χ0) is 28.4. The summed E-state index contributed by atoms with van der Waals surface area (Å²) in [5, 5.41) is 4.12. The van der Waals surface area contributed by atoms with Crippen molar-refractivity contribution in [2.24, 2.45) is 5.92 Å². The van der Waals surface area contributed by atoms with Crippen LogP contribution in [-0.2, 0) is 16.4 Å². The van der Waals surface area contributed by atoms with Gasteiger partial charge in [-0.3, -0.25) is 4.79 Å². The molecule has 218 valence electrons. The van der Waals surface area contributed by atoms with Crippen molar-refractivity contribution in [1.29, 1.82) is 0 Å². The standard InChI is InChI=1S/C28H39ClN6O4S/c1-19-26(31-18-32-27(19)30-16-20-14-21-15-22(29)4-5-25(21)39-17-20)28(36)35-12-8-24(9-13-35)34-10-6-23(7-11-34)33(2)40(3,37)38/h4-5,15,18,20,23-24H,6-14,16-17H2,1-3H3,(H,30,31,32). The van der Waals surface area contributed by atoms with Gasteiger partial charge in [0.05, 0.1) is 12.9 Å². The fourth-order valence-electron chi connectivity index (χ4n) is 6.11. The monoisotopic (exact) mass is 590 g/mol. The highest BCUT2D eigenvalue weighted by atomic mass is 35.5. The zero-order valence-electron chi connectivity index (χ0n) is 23.5. The predicted molar refractivity (Wildman–Crippen MR) is 156 cm³/mol. The summed E-state index contributed by atoms with van der Waals surface area (Å²) < 4.78 is 31.2. The summed E-state index contributed by atoms with van der Waals surface area (Å²) >= 11 is 6.16. The topological polar surface area (TPSA) is 108 Å². The summed E-state index contributed by atoms with van der Waals surface area (Å²) in [6.45, 7) is 6.30. The number of rotatable bonds is 7. The highest BCUT2D eigenvalue weighted by Crippen LogP contribution is 2.30. The number of carbonyl (C=O) groups excluding carboxylic acids is 1. The van der Waals surface area contributed by atoms with E-state index in [2.05, 4.69) is 20.2 Å². The minimum absolute atomic E-state index is 0.0561. The Morgan fingerprint density at radius 3 is 2.58 bits per heavy atom. The van der Waals surface area contributed by atoms with Crippen molar-refractivity contribution < 1.29 is 17.9 Å². The molecule has 1 unspecified atom stereocenters. The molecule has 5 rings (SSSR count). The van der Waals surface area contributed by atoms with Gasteiger partial charge < -0.3 is 19.9 Å². The molecule has 1 aromatic carbocycles. The molecule has 1 amide bonds. The fraction of sp³-hybridized carbons (Fsp3) is 0.607. The third-order valence-electron chi connectivity index (χ3n) is 8.66. The molecule has 0 aliphatic carbocycles. The summed E-state index contributed by atoms with van der Waals surface area (Å²) in [6, 6.07) is 6.19. The highest BCUT2D eigenvalue weighted by molar-refractivity contribution is 7.88. The molecule has 10 nitrogen and oxygen atoms in total. The number of anilines is 1. The number of halogens is 1. The maximum absolute atomic E-state index is 13.4. The number of carbonyl (C=O) groups is 1. The molecule has 3 aliphatic rings. The van der Waals surface area contributed by atoms with E-state index in [1.807, 2.05) is 30.0 Å². The third kappa shape index (κ3) is 6.53. The molecule has 1 aromatic heterocycles. The number of benzene rings is 1. The van der Waals surface area contributed by atoms with Crippen LogP contribution in [-0.4, -0.2) is 103 Å². The molecule has 0 bridgehead atoms. The summed E-state index contributed by atoms with van der Waals surface area (Å²) in [4.78, 5) is 26.6. The van der Waals surface area contributed by atoms with E-state index in [0.29, 0.717) is 48.8 Å². The van der Waals surface area contributed by atoms with Crippen LogP contribution >= 0.6 is 11.6 Å². The van der Waals surface area contributed by atoms with E-state index in [4.69, 9.17) is 16.3 Å². The number of fused-ring (bicyclic) bond motifs is 1. The average molecular weight is 591 g/mol. The van der Waals surface area contributed by atoms with Gasteiger partial charge >= 0.3 is 0 Å². The van der Waals surface area contributed by atoms with Gasteiger partial charge in [0.25, 0.3) is 5.91 Å². The van der Waals surface area contributed by atoms with Gasteiger partial charge in [0, 0.05) is 55.3 Å². The van der Waals surface area contributed by atoms with Crippen molar-refractivity contribution in [3.63, 3.8) is 0 Å². The second kappa shape index (κ2) is 12.2. The van der Waals surface area contributed by atoms with Crippen LogP contribution in [0.1, 0.15) is 47.3 Å². The Bertz CT molecular complexity index is 1330. The van der Waals surface area contributed by atoms with E-state index in [-0.39, 0.29) is 17.9 Å². The van der Waals surface area contributed by atoms with Crippen LogP contribution in [0.3, 0.4) is 0 Å². The maximum atomic E-state index is 13.4. The molecule has 0 saturated carbocycles. The first-order valence-corrected chi connectivity index (χ1v) is 16.3. The lowest BCUT2D eigenvalue weighted by Gasteiger charge is -2.43. The number of hydrogen-bond donors (Lipinski definition) is 1. The quantitative estimate of drug-likeness (QED) is 0.524. The molecule has 2 fully saturated rings. The molecule has 12 heteroatoms. The van der Waals surface area contributed by atoms with Crippen LogP contribution in [0, 0.1) is 12.8 Å². The van der Waals surface area contributed by atoms with Crippen molar-refractivity contribution in [1.82, 2.24) is 24.1 Å². The Kier molecular flexibility index (Phi) is 8.84. The number of likely N-dealkylation sites (tertiary alicyclic amines) is 2. The Morgan fingerprint density at radius 1 is 1.15 bits per heavy atom. The SMILES string of the molecule is Cc1c(NCC2COc3ccc(Cl)cc3C2)ncnc1C(=O)N1CCC(N2CCC(N(C)S(C)(=O)=O)CC2)CC1. The van der Waals surface area contributed by atoms with E-state index in [0.717, 1.165) is 62.1 Å². The summed E-state index contributed by atoms with van der Waals surface area (Å²) in [5.41, 5.74) is 2.30. The first-order chi connectivity index (χ1) is 19.1. The smallest absolute Gasteiger partial charge is 0.272 e. The second-order valence-corrected chi connectivity index (χ2v) is 13.8. The fourth-order valence-corrected chi connectivity index (χ4v) is 7.06. The lowest BCUT2D eigenvalue weighted by Crippen LogP contribution is -2.52. The first-order valence-electron chi connectivity index (χ1n) is 14.0. The second-order valence-electron chi connectivity index (χ2n) is 11.3. The van der Waals surface area contributed by atoms with Gasteiger partial charge in [-0.25, -0.2) is 22.7 Å². The van der Waals surface area contributed by atoms with E-state index >= 15 is 0 Å². The Balaban J connectivity index is 1.12. The van der Waals surface area contributed by atoms with Gasteiger partial charge in [-0.05, 0) is 75.9 Å². The third-order valence-corrected chi connectivity index (χ3v) is 10.2. The van der Waals surface area contributed by atoms with Gasteiger partial charge in [-0.2, -0.15) is 0 Å². The lowest BCUT2D eigenvalue weighted by atomic mass is 9.96. The Labute approximate surface area is 242 Å². The number of aromatic nitrogens is 2. The zero-order valence-corrected chi connectivity index (χ0v) is 25.0. The van der Waals surface area contributed by atoms with Crippen molar-refractivity contribution in [2.75, 3.05) is 58.0 Å². The highest BCUT2D eigenvalue weighted by Gasteiger charge is 2.33. The number of amides is 1. The van der Waals surface area contributed by atoms with E-state index < -0.39 is 10.0 Å². The first kappa shape index (κ1) is 29.0. The molecule has 1 N–H and O–H groups in total. The number of hydrogen-bond acceptors (Lipinski definition) is 8. The molecular formula is C28H39ClN6O4S. The van der Waals surface area contributed by atoms with Gasteiger partial charge in [0.15, 0.2) is 0 Å². The van der Waals surface area contributed by atoms with Crippen molar-refractivity contribution in [2.45, 2.75) is 51.1 Å². The minimum atomic E-state index is -3.17. The number of ether oxygens (including phenoxy) is 1. The van der Waals surface area contributed by atoms with E-state index in [9.17, 15) is 13.2 Å². The maximum Gasteiger partial charge on any atom is 0.272 e. The van der Waals surface area contributed by atoms with Crippen LogP contribution in [0.25, 0.3) is 0 Å². The molecule has 0 spiro atoms. The Hall–Kier alpha value is -2.47. The average Bonchev–Trinajstić information content (AvgIpc) is 2.95. The van der Waals surface area contributed by atoms with Crippen LogP contribution < -0.4 is 10.1 Å². The number of nitrogens with zero attached hydrogens (tertiary/aromatic N) is 5. The van der Waals surface area contributed by atoms with Crippen LogP contribution in [0.5, 0.6) is 5.75 Å². The van der Waals surface area contributed by atoms with Crippen molar-refractivity contribution in [3.05, 3.63) is 46.4 Å². The van der Waals surface area contributed by atoms with Gasteiger partial charge in [0.1, 0.15) is 23.6 Å². The number of sulfonamides is 1. The molecule has 2 aromatic rings. The molecule has 4 heterocycles. The Morgan fingerprint density at radius 2 is 1.88 bits per heavy atom. The number of piperidine rings is 2. The molecule has 3 aliphatic heterocycles. The molecule has 2 saturated heterocycles. The predicted octanol–water partition coefficient (Wildman–Crippen LogP) is 3.06. The van der Waals surface area contributed by atoms with Gasteiger partial charge in [0.2, 0.25) is 10.0 Å². The van der Waals surface area contributed by atoms with E-state index in [1.165, 1.54) is 16.9 Å². The van der Waals surface area contributed by atoms with Gasteiger partial charge in [-0.1, -0.05) is 11.6 Å². The summed E-state index contributed by atoms with van der Waals surface area (Å²) in [6.07, 6.45) is 7.07. The number of nitrogens with one attached hydrogen (secondary N) is 1. The molecule has 0 radical (unpaired) electrons. The normalized spacial score (nSPS) is 21.2. The minimum Gasteiger partial charge on any atom is -0.493 e. The van der Waals surface area contributed by atoms with E-state index in [1.54, 1.807) is 7.05 Å². The summed E-state index contributed by atoms with van der Waals surface area (Å²) in [7, 11) is -1.49.